The number of hydrogen-bond donors (Lipinski definition) is 1. The molecule has 0 saturated carbocycles. The summed E-state index contributed by atoms with van der Waals surface area (Å²) in [5, 5.41) is 3.91. The van der Waals surface area contributed by atoms with Gasteiger partial charge in [0, 0.05) is 5.56 Å². The summed E-state index contributed by atoms with van der Waals surface area (Å²) < 4.78 is 29.8. The second-order valence-corrected chi connectivity index (χ2v) is 6.28. The van der Waals surface area contributed by atoms with Gasteiger partial charge in [-0.3, -0.25) is 0 Å². The maximum atomic E-state index is 12.2. The van der Waals surface area contributed by atoms with Gasteiger partial charge in [-0.1, -0.05) is 35.9 Å². The largest absolute Gasteiger partial charge is 0.477 e. The van der Waals surface area contributed by atoms with Gasteiger partial charge < -0.3 is 4.74 Å². The fourth-order valence-electron chi connectivity index (χ4n) is 1.77. The molecule has 22 heavy (non-hydrogen) atoms. The van der Waals surface area contributed by atoms with Crippen LogP contribution in [0.1, 0.15) is 18.1 Å². The van der Waals surface area contributed by atoms with E-state index in [1.165, 1.54) is 12.1 Å². The van der Waals surface area contributed by atoms with E-state index in [1.807, 2.05) is 32.0 Å². The first kappa shape index (κ1) is 16.0. The highest BCUT2D eigenvalue weighted by Gasteiger charge is 2.13. The number of hydrogen-bond acceptors (Lipinski definition) is 4. The van der Waals surface area contributed by atoms with Gasteiger partial charge >= 0.3 is 0 Å². The smallest absolute Gasteiger partial charge is 0.276 e. The number of hydrazone groups is 1. The van der Waals surface area contributed by atoms with Crippen LogP contribution in [0.25, 0.3) is 0 Å². The summed E-state index contributed by atoms with van der Waals surface area (Å²) in [6.45, 7) is 4.09. The molecule has 2 aromatic carbocycles. The first-order valence-electron chi connectivity index (χ1n) is 6.87. The summed E-state index contributed by atoms with van der Waals surface area (Å²) in [5.41, 5.74) is 1.69. The molecule has 1 N–H and O–H groups in total. The van der Waals surface area contributed by atoms with Crippen LogP contribution in [0, 0.1) is 6.92 Å². The molecule has 0 bridgehead atoms. The van der Waals surface area contributed by atoms with E-state index < -0.39 is 10.0 Å². The Morgan fingerprint density at radius 3 is 2.32 bits per heavy atom. The first-order chi connectivity index (χ1) is 10.5. The van der Waals surface area contributed by atoms with Gasteiger partial charge in [0.1, 0.15) is 0 Å². The second kappa shape index (κ2) is 7.09. The van der Waals surface area contributed by atoms with E-state index in [0.717, 1.165) is 5.56 Å². The van der Waals surface area contributed by atoms with Crippen LogP contribution >= 0.6 is 0 Å². The molecule has 2 rings (SSSR count). The standard InChI is InChI=1S/C16H18N2O3S/c1-3-21-16(14-7-5-4-6-8-14)17-18-22(19,20)15-11-9-13(2)10-12-15/h4-12,18H,3H2,1-2H3. The summed E-state index contributed by atoms with van der Waals surface area (Å²) in [6.07, 6.45) is 0. The fraction of sp³-hybridized carbons (Fsp3) is 0.188. The predicted octanol–water partition coefficient (Wildman–Crippen LogP) is 2.67. The van der Waals surface area contributed by atoms with Crippen LogP contribution in [0.5, 0.6) is 0 Å². The van der Waals surface area contributed by atoms with Crippen molar-refractivity contribution in [3.63, 3.8) is 0 Å². The second-order valence-electron chi connectivity index (χ2n) is 4.62. The average Bonchev–Trinajstić information content (AvgIpc) is 2.53. The topological polar surface area (TPSA) is 67.8 Å². The van der Waals surface area contributed by atoms with Crippen molar-refractivity contribution >= 4 is 15.9 Å². The van der Waals surface area contributed by atoms with Crippen LogP contribution in [0.4, 0.5) is 0 Å². The van der Waals surface area contributed by atoms with E-state index in [0.29, 0.717) is 12.2 Å². The van der Waals surface area contributed by atoms with Crippen LogP contribution in [0.15, 0.2) is 64.6 Å². The lowest BCUT2D eigenvalue weighted by Gasteiger charge is -2.09. The van der Waals surface area contributed by atoms with Gasteiger partial charge in [-0.05, 0) is 38.1 Å². The molecule has 116 valence electrons. The Balaban J connectivity index is 2.25. The minimum Gasteiger partial charge on any atom is -0.477 e. The molecule has 0 saturated heterocycles. The summed E-state index contributed by atoms with van der Waals surface area (Å²) in [4.78, 5) is 2.37. The van der Waals surface area contributed by atoms with E-state index in [-0.39, 0.29) is 10.8 Å². The third-order valence-electron chi connectivity index (χ3n) is 2.90. The van der Waals surface area contributed by atoms with E-state index in [9.17, 15) is 8.42 Å². The SMILES string of the molecule is CCOC(=NNS(=O)(=O)c1ccc(C)cc1)c1ccccc1. The third-order valence-corrected chi connectivity index (χ3v) is 4.12. The lowest BCUT2D eigenvalue weighted by molar-refractivity contribution is 0.326. The molecule has 0 fully saturated rings. The molecule has 0 amide bonds. The number of nitrogens with zero attached hydrogens (tertiary/aromatic N) is 1. The van der Waals surface area contributed by atoms with Crippen molar-refractivity contribution in [2.24, 2.45) is 5.10 Å². The monoisotopic (exact) mass is 318 g/mol. The number of rotatable bonds is 5. The van der Waals surface area contributed by atoms with Crippen molar-refractivity contribution in [3.05, 3.63) is 65.7 Å². The molecule has 0 aliphatic rings. The minimum atomic E-state index is -3.72. The van der Waals surface area contributed by atoms with E-state index in [4.69, 9.17) is 4.74 Å². The number of sulfonamides is 1. The minimum absolute atomic E-state index is 0.158. The zero-order valence-corrected chi connectivity index (χ0v) is 13.3. The molecule has 0 radical (unpaired) electrons. The van der Waals surface area contributed by atoms with Gasteiger partial charge in [0.05, 0.1) is 11.5 Å². The Labute approximate surface area is 130 Å². The molecule has 0 aliphatic carbocycles. The van der Waals surface area contributed by atoms with Crippen molar-refractivity contribution in [3.8, 4) is 0 Å². The van der Waals surface area contributed by atoms with Crippen LogP contribution < -0.4 is 4.83 Å². The zero-order valence-electron chi connectivity index (χ0n) is 12.5. The van der Waals surface area contributed by atoms with Crippen LogP contribution in [0.3, 0.4) is 0 Å². The molecule has 6 heteroatoms. The van der Waals surface area contributed by atoms with Crippen molar-refractivity contribution < 1.29 is 13.2 Å². The van der Waals surface area contributed by atoms with Crippen molar-refractivity contribution in [1.29, 1.82) is 0 Å². The molecule has 2 aromatic rings. The van der Waals surface area contributed by atoms with Crippen LogP contribution in [0.2, 0.25) is 0 Å². The first-order valence-corrected chi connectivity index (χ1v) is 8.35. The van der Waals surface area contributed by atoms with Gasteiger partial charge in [-0.15, -0.1) is 5.10 Å². The molecule has 0 heterocycles. The summed E-state index contributed by atoms with van der Waals surface area (Å²) in [6, 6.07) is 15.7. The molecular weight excluding hydrogens is 300 g/mol. The van der Waals surface area contributed by atoms with E-state index >= 15 is 0 Å². The lowest BCUT2D eigenvalue weighted by Crippen LogP contribution is -2.21. The van der Waals surface area contributed by atoms with E-state index in [2.05, 4.69) is 9.93 Å². The predicted molar refractivity (Wildman–Crippen MR) is 86.1 cm³/mol. The Morgan fingerprint density at radius 1 is 1.09 bits per heavy atom. The molecule has 0 atom stereocenters. The van der Waals surface area contributed by atoms with Gasteiger partial charge in [0.2, 0.25) is 5.90 Å². The van der Waals surface area contributed by atoms with Gasteiger partial charge in [0.25, 0.3) is 10.0 Å². The number of benzene rings is 2. The van der Waals surface area contributed by atoms with Crippen molar-refractivity contribution in [1.82, 2.24) is 4.83 Å². The number of nitrogens with one attached hydrogen (secondary N) is 1. The lowest BCUT2D eigenvalue weighted by atomic mass is 10.2. The molecular formula is C16H18N2O3S. The summed E-state index contributed by atoms with van der Waals surface area (Å²) in [5.74, 6) is 0.235. The van der Waals surface area contributed by atoms with Crippen molar-refractivity contribution in [2.45, 2.75) is 18.7 Å². The summed E-state index contributed by atoms with van der Waals surface area (Å²) in [7, 11) is -3.72. The molecule has 0 aromatic heterocycles. The van der Waals surface area contributed by atoms with E-state index in [1.54, 1.807) is 24.3 Å². The van der Waals surface area contributed by atoms with Gasteiger partial charge in [-0.25, -0.2) is 0 Å². The highest BCUT2D eigenvalue weighted by atomic mass is 32.2. The maximum absolute atomic E-state index is 12.2. The molecule has 0 aliphatic heterocycles. The summed E-state index contributed by atoms with van der Waals surface area (Å²) >= 11 is 0. The number of ether oxygens (including phenoxy) is 1. The fourth-order valence-corrected chi connectivity index (χ4v) is 2.57. The van der Waals surface area contributed by atoms with Gasteiger partial charge in [-0.2, -0.15) is 13.2 Å². The van der Waals surface area contributed by atoms with Gasteiger partial charge in [0.15, 0.2) is 0 Å². The Kier molecular flexibility index (Phi) is 5.16. The molecule has 0 spiro atoms. The Hall–Kier alpha value is -2.34. The molecule has 0 unspecified atom stereocenters. The average molecular weight is 318 g/mol. The Bertz CT molecular complexity index is 739. The normalized spacial score (nSPS) is 12.0. The Morgan fingerprint density at radius 2 is 1.73 bits per heavy atom. The van der Waals surface area contributed by atoms with Crippen molar-refractivity contribution in [2.75, 3.05) is 6.61 Å². The van der Waals surface area contributed by atoms with Crippen LogP contribution in [-0.2, 0) is 14.8 Å². The maximum Gasteiger partial charge on any atom is 0.276 e. The highest BCUT2D eigenvalue weighted by Crippen LogP contribution is 2.10. The van der Waals surface area contributed by atoms with Crippen LogP contribution in [-0.4, -0.2) is 20.9 Å². The highest BCUT2D eigenvalue weighted by molar-refractivity contribution is 7.89. The zero-order chi connectivity index (χ0) is 16.0. The quantitative estimate of drug-likeness (QED) is 0.523. The third kappa shape index (κ3) is 4.08. The molecule has 5 nitrogen and oxygen atoms in total. The number of aryl methyl sites for hydroxylation is 1.